The van der Waals surface area contributed by atoms with E-state index < -0.39 is 13.9 Å². The van der Waals surface area contributed by atoms with Gasteiger partial charge in [-0.2, -0.15) is 0 Å². The van der Waals surface area contributed by atoms with Gasteiger partial charge in [0, 0.05) is 19.6 Å². The molecule has 244 valence electrons. The van der Waals surface area contributed by atoms with Gasteiger partial charge in [0.05, 0.1) is 19.8 Å². The number of phosphoric acid groups is 1. The predicted octanol–water partition coefficient (Wildman–Crippen LogP) is 8.80. The molecule has 2 atom stereocenters. The summed E-state index contributed by atoms with van der Waals surface area (Å²) in [5.41, 5.74) is 5.31. The lowest BCUT2D eigenvalue weighted by Crippen LogP contribution is -2.28. The third-order valence-corrected chi connectivity index (χ3v) is 7.92. The van der Waals surface area contributed by atoms with Crippen molar-refractivity contribution in [1.29, 1.82) is 0 Å². The van der Waals surface area contributed by atoms with Gasteiger partial charge in [-0.1, -0.05) is 116 Å². The van der Waals surface area contributed by atoms with E-state index in [1.165, 1.54) is 83.5 Å². The Morgan fingerprint density at radius 1 is 0.707 bits per heavy atom. The van der Waals surface area contributed by atoms with Crippen molar-refractivity contribution in [2.45, 2.75) is 155 Å². The standard InChI is InChI=1S/C32H64NO7P/c1-3-5-7-9-10-11-12-13-14-15-16-17-18-19-20-22-24-27-37-29-31(30-39-41(35,36)38-28-26-33)40-32(34)25-23-21-8-6-4-2/h14-15,31H,3-13,16-30,33H2,1-2H3,(H,35,36)/b15-14-. The minimum atomic E-state index is -4.25. The van der Waals surface area contributed by atoms with Crippen LogP contribution in [0.3, 0.4) is 0 Å². The van der Waals surface area contributed by atoms with Crippen LogP contribution in [0.5, 0.6) is 0 Å². The van der Waals surface area contributed by atoms with E-state index in [4.69, 9.17) is 24.3 Å². The fourth-order valence-electron chi connectivity index (χ4n) is 4.46. The predicted molar refractivity (Wildman–Crippen MR) is 169 cm³/mol. The Bertz CT molecular complexity index is 648. The van der Waals surface area contributed by atoms with E-state index in [0.717, 1.165) is 44.9 Å². The molecule has 0 aliphatic carbocycles. The Labute approximate surface area is 252 Å². The maximum Gasteiger partial charge on any atom is 0.472 e. The molecule has 0 aromatic carbocycles. The van der Waals surface area contributed by atoms with Gasteiger partial charge in [-0.25, -0.2) is 4.57 Å². The summed E-state index contributed by atoms with van der Waals surface area (Å²) in [5.74, 6) is -0.345. The lowest BCUT2D eigenvalue weighted by Gasteiger charge is -2.20. The maximum absolute atomic E-state index is 12.3. The fourth-order valence-corrected chi connectivity index (χ4v) is 5.23. The molecular formula is C32H64NO7P. The van der Waals surface area contributed by atoms with Crippen molar-refractivity contribution in [2.75, 3.05) is 33.0 Å². The topological polar surface area (TPSA) is 117 Å². The molecule has 0 aromatic heterocycles. The monoisotopic (exact) mass is 605 g/mol. The summed E-state index contributed by atoms with van der Waals surface area (Å²) in [6.45, 7) is 4.81. The molecule has 0 radical (unpaired) electrons. The number of carbonyl (C=O) groups excluding carboxylic acids is 1. The molecule has 0 fully saturated rings. The first kappa shape index (κ1) is 40.2. The van der Waals surface area contributed by atoms with Gasteiger partial charge < -0.3 is 20.1 Å². The highest BCUT2D eigenvalue weighted by molar-refractivity contribution is 7.47. The first-order chi connectivity index (χ1) is 19.9. The fraction of sp³-hybridized carbons (Fsp3) is 0.906. The number of hydrogen-bond acceptors (Lipinski definition) is 7. The first-order valence-electron chi connectivity index (χ1n) is 16.7. The van der Waals surface area contributed by atoms with Gasteiger partial charge >= 0.3 is 13.8 Å². The lowest BCUT2D eigenvalue weighted by molar-refractivity contribution is -0.154. The largest absolute Gasteiger partial charge is 0.472 e. The van der Waals surface area contributed by atoms with Crippen LogP contribution in [-0.4, -0.2) is 49.9 Å². The van der Waals surface area contributed by atoms with Gasteiger partial charge in [-0.15, -0.1) is 0 Å². The second kappa shape index (κ2) is 30.7. The molecule has 0 saturated carbocycles. The molecule has 0 aliphatic rings. The highest BCUT2D eigenvalue weighted by atomic mass is 31.2. The van der Waals surface area contributed by atoms with Gasteiger partial charge in [-0.3, -0.25) is 13.8 Å². The van der Waals surface area contributed by atoms with Crippen molar-refractivity contribution >= 4 is 13.8 Å². The molecule has 0 aliphatic heterocycles. The van der Waals surface area contributed by atoms with Crippen molar-refractivity contribution < 1.29 is 32.8 Å². The van der Waals surface area contributed by atoms with Gasteiger partial charge in [0.2, 0.25) is 0 Å². The highest BCUT2D eigenvalue weighted by Gasteiger charge is 2.25. The molecule has 0 amide bonds. The number of allylic oxidation sites excluding steroid dienone is 2. The molecule has 0 saturated heterocycles. The van der Waals surface area contributed by atoms with E-state index in [1.54, 1.807) is 0 Å². The molecular weight excluding hydrogens is 541 g/mol. The Morgan fingerprint density at radius 3 is 1.78 bits per heavy atom. The minimum absolute atomic E-state index is 0.0947. The van der Waals surface area contributed by atoms with E-state index in [-0.39, 0.29) is 32.3 Å². The normalized spacial score (nSPS) is 14.0. The zero-order valence-corrected chi connectivity index (χ0v) is 27.4. The summed E-state index contributed by atoms with van der Waals surface area (Å²) in [7, 11) is -4.25. The summed E-state index contributed by atoms with van der Waals surface area (Å²) in [5, 5.41) is 0. The van der Waals surface area contributed by atoms with E-state index in [2.05, 4.69) is 26.0 Å². The van der Waals surface area contributed by atoms with Gasteiger partial charge in [-0.05, 0) is 38.5 Å². The van der Waals surface area contributed by atoms with Crippen molar-refractivity contribution in [3.63, 3.8) is 0 Å². The summed E-state index contributed by atoms with van der Waals surface area (Å²) in [6.07, 6.45) is 28.3. The van der Waals surface area contributed by atoms with Gasteiger partial charge in [0.25, 0.3) is 0 Å². The number of carbonyl (C=O) groups is 1. The number of hydrogen-bond donors (Lipinski definition) is 2. The third kappa shape index (κ3) is 30.5. The number of nitrogens with two attached hydrogens (primary N) is 1. The molecule has 9 heteroatoms. The van der Waals surface area contributed by atoms with Crippen LogP contribution in [0.2, 0.25) is 0 Å². The number of rotatable bonds is 32. The van der Waals surface area contributed by atoms with Gasteiger partial charge in [0.1, 0.15) is 6.10 Å². The first-order valence-corrected chi connectivity index (χ1v) is 18.2. The van der Waals surface area contributed by atoms with Crippen LogP contribution in [-0.2, 0) is 27.9 Å². The molecule has 0 spiro atoms. The van der Waals surface area contributed by atoms with Crippen LogP contribution >= 0.6 is 7.82 Å². The summed E-state index contributed by atoms with van der Waals surface area (Å²) >= 11 is 0. The van der Waals surface area contributed by atoms with Crippen LogP contribution < -0.4 is 5.73 Å². The molecule has 0 heterocycles. The number of phosphoric ester groups is 1. The Kier molecular flexibility index (Phi) is 30.1. The average Bonchev–Trinajstić information content (AvgIpc) is 2.95. The minimum Gasteiger partial charge on any atom is -0.457 e. The van der Waals surface area contributed by atoms with Crippen molar-refractivity contribution in [3.05, 3.63) is 12.2 Å². The summed E-state index contributed by atoms with van der Waals surface area (Å²) in [4.78, 5) is 22.0. The van der Waals surface area contributed by atoms with Crippen LogP contribution in [0.1, 0.15) is 149 Å². The summed E-state index contributed by atoms with van der Waals surface area (Å²) in [6, 6.07) is 0. The number of ether oxygens (including phenoxy) is 2. The maximum atomic E-state index is 12.3. The Balaban J connectivity index is 3.96. The second-order valence-corrected chi connectivity index (χ2v) is 12.5. The summed E-state index contributed by atoms with van der Waals surface area (Å²) < 4.78 is 32.9. The van der Waals surface area contributed by atoms with Gasteiger partial charge in [0.15, 0.2) is 0 Å². The lowest BCUT2D eigenvalue weighted by atomic mass is 10.1. The Morgan fingerprint density at radius 2 is 1.22 bits per heavy atom. The van der Waals surface area contributed by atoms with E-state index in [0.29, 0.717) is 13.0 Å². The molecule has 41 heavy (non-hydrogen) atoms. The number of unbranched alkanes of at least 4 members (excludes halogenated alkanes) is 17. The second-order valence-electron chi connectivity index (χ2n) is 11.0. The zero-order valence-electron chi connectivity index (χ0n) is 26.5. The molecule has 0 bridgehead atoms. The van der Waals surface area contributed by atoms with Crippen molar-refractivity contribution in [2.24, 2.45) is 5.73 Å². The number of esters is 1. The highest BCUT2D eigenvalue weighted by Crippen LogP contribution is 2.43. The van der Waals surface area contributed by atoms with E-state index in [9.17, 15) is 14.3 Å². The van der Waals surface area contributed by atoms with Crippen LogP contribution in [0, 0.1) is 0 Å². The average molecular weight is 606 g/mol. The Hall–Kier alpha value is -0.760. The van der Waals surface area contributed by atoms with Crippen molar-refractivity contribution in [3.8, 4) is 0 Å². The molecule has 3 N–H and O–H groups in total. The smallest absolute Gasteiger partial charge is 0.457 e. The van der Waals surface area contributed by atoms with Crippen LogP contribution in [0.25, 0.3) is 0 Å². The van der Waals surface area contributed by atoms with E-state index >= 15 is 0 Å². The molecule has 0 aromatic rings. The zero-order chi connectivity index (χ0) is 30.3. The third-order valence-electron chi connectivity index (χ3n) is 6.93. The van der Waals surface area contributed by atoms with Crippen LogP contribution in [0.4, 0.5) is 0 Å². The van der Waals surface area contributed by atoms with Crippen LogP contribution in [0.15, 0.2) is 12.2 Å². The quantitative estimate of drug-likeness (QED) is 0.0338. The van der Waals surface area contributed by atoms with E-state index in [1.807, 2.05) is 0 Å². The SMILES string of the molecule is CCCCCCCCC/C=C\CCCCCCCCOCC(COP(=O)(O)OCCN)OC(=O)CCCCCCC. The molecule has 8 nitrogen and oxygen atoms in total. The molecule has 2 unspecified atom stereocenters. The van der Waals surface area contributed by atoms with Crippen molar-refractivity contribution in [1.82, 2.24) is 0 Å². The molecule has 0 rings (SSSR count).